The summed E-state index contributed by atoms with van der Waals surface area (Å²) in [5, 5.41) is 2.64. The molecule has 0 saturated carbocycles. The number of rotatable bonds is 5. The van der Waals surface area contributed by atoms with Crippen LogP contribution in [0.25, 0.3) is 0 Å². The molecule has 1 aromatic rings. The van der Waals surface area contributed by atoms with Gasteiger partial charge in [-0.05, 0) is 25.8 Å². The fourth-order valence-corrected chi connectivity index (χ4v) is 1.72. The Kier molecular flexibility index (Phi) is 4.88. The first kappa shape index (κ1) is 13.4. The molecule has 0 radical (unpaired) electrons. The van der Waals surface area contributed by atoms with Gasteiger partial charge in [-0.25, -0.2) is 0 Å². The average molecular weight is 233 g/mol. The molecule has 0 saturated heterocycles. The van der Waals surface area contributed by atoms with E-state index in [0.717, 1.165) is 17.5 Å². The fourth-order valence-electron chi connectivity index (χ4n) is 1.72. The van der Waals surface area contributed by atoms with Crippen molar-refractivity contribution in [3.05, 3.63) is 34.9 Å². The summed E-state index contributed by atoms with van der Waals surface area (Å²) in [4.78, 5) is 23.1. The van der Waals surface area contributed by atoms with Crippen molar-refractivity contribution in [2.45, 2.75) is 33.6 Å². The first-order chi connectivity index (χ1) is 8.04. The molecule has 1 rings (SSSR count). The molecule has 0 aliphatic carbocycles. The highest BCUT2D eigenvalue weighted by Crippen LogP contribution is 2.10. The fraction of sp³-hybridized carbons (Fsp3) is 0.429. The minimum Gasteiger partial charge on any atom is -0.349 e. The molecular formula is C14H19NO2. The summed E-state index contributed by atoms with van der Waals surface area (Å²) in [5.41, 5.74) is 2.78. The molecule has 1 aromatic carbocycles. The van der Waals surface area contributed by atoms with Gasteiger partial charge in [0.25, 0.3) is 0 Å². The number of nitrogens with one attached hydrogen (secondary N) is 1. The molecule has 0 bridgehead atoms. The van der Waals surface area contributed by atoms with Gasteiger partial charge in [0.1, 0.15) is 0 Å². The molecule has 0 aliphatic heterocycles. The minimum absolute atomic E-state index is 0.0352. The summed E-state index contributed by atoms with van der Waals surface area (Å²) < 4.78 is 0. The number of ketones is 1. The summed E-state index contributed by atoms with van der Waals surface area (Å²) >= 11 is 0. The number of benzene rings is 1. The van der Waals surface area contributed by atoms with Gasteiger partial charge in [-0.3, -0.25) is 9.59 Å². The maximum atomic E-state index is 11.9. The molecular weight excluding hydrogens is 214 g/mol. The molecule has 0 fully saturated rings. The molecule has 1 amide bonds. The van der Waals surface area contributed by atoms with Crippen LogP contribution < -0.4 is 5.32 Å². The average Bonchev–Trinajstić information content (AvgIpc) is 2.26. The molecule has 17 heavy (non-hydrogen) atoms. The second kappa shape index (κ2) is 6.18. The highest BCUT2D eigenvalue weighted by atomic mass is 16.2. The zero-order chi connectivity index (χ0) is 12.8. The molecule has 3 nitrogen and oxygen atoms in total. The normalized spacial score (nSPS) is 10.1. The van der Waals surface area contributed by atoms with E-state index < -0.39 is 0 Å². The van der Waals surface area contributed by atoms with Gasteiger partial charge in [-0.15, -0.1) is 0 Å². The second-order valence-electron chi connectivity index (χ2n) is 4.27. The first-order valence-corrected chi connectivity index (χ1v) is 5.91. The Hall–Kier alpha value is -1.64. The molecule has 0 unspecified atom stereocenters. The van der Waals surface area contributed by atoms with Gasteiger partial charge in [-0.2, -0.15) is 0 Å². The van der Waals surface area contributed by atoms with Gasteiger partial charge in [0.2, 0.25) is 5.91 Å². The van der Waals surface area contributed by atoms with Crippen LogP contribution in [-0.4, -0.2) is 18.2 Å². The smallest absolute Gasteiger partial charge is 0.220 e. The third-order valence-electron chi connectivity index (χ3n) is 2.61. The Labute approximate surface area is 102 Å². The molecule has 92 valence electrons. The molecule has 3 heteroatoms. The Balaban J connectivity index is 2.61. The minimum atomic E-state index is -0.0642. The molecule has 0 aromatic heterocycles. The summed E-state index contributed by atoms with van der Waals surface area (Å²) in [6, 6.07) is 5.70. The predicted molar refractivity (Wildman–Crippen MR) is 68.2 cm³/mol. The number of aryl methyl sites for hydroxylation is 2. The number of hydrogen-bond donors (Lipinski definition) is 1. The zero-order valence-corrected chi connectivity index (χ0v) is 10.7. The lowest BCUT2D eigenvalue weighted by molar-refractivity contribution is -0.120. The van der Waals surface area contributed by atoms with E-state index in [1.54, 1.807) is 0 Å². The topological polar surface area (TPSA) is 46.2 Å². The van der Waals surface area contributed by atoms with E-state index in [1.165, 1.54) is 0 Å². The Morgan fingerprint density at radius 2 is 1.94 bits per heavy atom. The van der Waals surface area contributed by atoms with Crippen molar-refractivity contribution in [1.82, 2.24) is 5.32 Å². The second-order valence-corrected chi connectivity index (χ2v) is 4.27. The lowest BCUT2D eigenvalue weighted by Crippen LogP contribution is -2.29. The van der Waals surface area contributed by atoms with Crippen molar-refractivity contribution < 1.29 is 9.59 Å². The maximum absolute atomic E-state index is 11.9. The summed E-state index contributed by atoms with van der Waals surface area (Å²) in [7, 11) is 0. The van der Waals surface area contributed by atoms with Crippen LogP contribution in [0.2, 0.25) is 0 Å². The van der Waals surface area contributed by atoms with Crippen LogP contribution in [0.1, 0.15) is 41.3 Å². The van der Waals surface area contributed by atoms with E-state index in [2.05, 4.69) is 5.32 Å². The van der Waals surface area contributed by atoms with Crippen LogP contribution in [0.3, 0.4) is 0 Å². The van der Waals surface area contributed by atoms with Gasteiger partial charge in [0, 0.05) is 12.0 Å². The molecule has 0 heterocycles. The van der Waals surface area contributed by atoms with Crippen molar-refractivity contribution in [3.63, 3.8) is 0 Å². The SMILES string of the molecule is CCCC(=O)NCC(=O)c1ccc(C)cc1C. The summed E-state index contributed by atoms with van der Waals surface area (Å²) in [6.07, 6.45) is 1.27. The largest absolute Gasteiger partial charge is 0.349 e. The van der Waals surface area contributed by atoms with Crippen LogP contribution in [0.15, 0.2) is 18.2 Å². The molecule has 0 spiro atoms. The van der Waals surface area contributed by atoms with E-state index >= 15 is 0 Å². The summed E-state index contributed by atoms with van der Waals surface area (Å²) in [5.74, 6) is -0.0995. The van der Waals surface area contributed by atoms with Crippen molar-refractivity contribution in [2.24, 2.45) is 0 Å². The van der Waals surface area contributed by atoms with Gasteiger partial charge >= 0.3 is 0 Å². The first-order valence-electron chi connectivity index (χ1n) is 5.91. The van der Waals surface area contributed by atoms with Gasteiger partial charge in [0.05, 0.1) is 6.54 Å². The van der Waals surface area contributed by atoms with E-state index in [0.29, 0.717) is 12.0 Å². The van der Waals surface area contributed by atoms with E-state index in [-0.39, 0.29) is 18.2 Å². The van der Waals surface area contributed by atoms with Gasteiger partial charge < -0.3 is 5.32 Å². The number of Topliss-reactive ketones (excluding diaryl/α,β-unsaturated/α-hetero) is 1. The monoisotopic (exact) mass is 233 g/mol. The van der Waals surface area contributed by atoms with Crippen LogP contribution >= 0.6 is 0 Å². The molecule has 0 aliphatic rings. The molecule has 0 atom stereocenters. The maximum Gasteiger partial charge on any atom is 0.220 e. The zero-order valence-electron chi connectivity index (χ0n) is 10.7. The lowest BCUT2D eigenvalue weighted by Gasteiger charge is -2.07. The summed E-state index contributed by atoms with van der Waals surface area (Å²) in [6.45, 7) is 5.92. The van der Waals surface area contributed by atoms with Crippen molar-refractivity contribution in [3.8, 4) is 0 Å². The van der Waals surface area contributed by atoms with Gasteiger partial charge in [-0.1, -0.05) is 30.7 Å². The van der Waals surface area contributed by atoms with Crippen molar-refractivity contribution in [1.29, 1.82) is 0 Å². The third-order valence-corrected chi connectivity index (χ3v) is 2.61. The predicted octanol–water partition coefficient (Wildman–Crippen LogP) is 2.40. The van der Waals surface area contributed by atoms with Crippen LogP contribution in [0, 0.1) is 13.8 Å². The number of carbonyl (C=O) groups excluding carboxylic acids is 2. The quantitative estimate of drug-likeness (QED) is 0.794. The third kappa shape index (κ3) is 4.02. The highest BCUT2D eigenvalue weighted by molar-refractivity contribution is 6.00. The van der Waals surface area contributed by atoms with Crippen molar-refractivity contribution >= 4 is 11.7 Å². The Morgan fingerprint density at radius 3 is 2.53 bits per heavy atom. The van der Waals surface area contributed by atoms with E-state index in [9.17, 15) is 9.59 Å². The number of carbonyl (C=O) groups is 2. The molecule has 1 N–H and O–H groups in total. The standard InChI is InChI=1S/C14H19NO2/c1-4-5-14(17)15-9-13(16)12-7-6-10(2)8-11(12)3/h6-8H,4-5,9H2,1-3H3,(H,15,17). The van der Waals surface area contributed by atoms with Crippen molar-refractivity contribution in [2.75, 3.05) is 6.54 Å². The van der Waals surface area contributed by atoms with Crippen LogP contribution in [0.5, 0.6) is 0 Å². The Morgan fingerprint density at radius 1 is 1.24 bits per heavy atom. The Bertz CT molecular complexity index is 424. The lowest BCUT2D eigenvalue weighted by atomic mass is 10.0. The van der Waals surface area contributed by atoms with Crippen LogP contribution in [0.4, 0.5) is 0 Å². The van der Waals surface area contributed by atoms with Crippen LogP contribution in [-0.2, 0) is 4.79 Å². The van der Waals surface area contributed by atoms with E-state index in [1.807, 2.05) is 39.0 Å². The number of hydrogen-bond acceptors (Lipinski definition) is 2. The van der Waals surface area contributed by atoms with E-state index in [4.69, 9.17) is 0 Å². The van der Waals surface area contributed by atoms with Gasteiger partial charge in [0.15, 0.2) is 5.78 Å². The highest BCUT2D eigenvalue weighted by Gasteiger charge is 2.10. The number of amides is 1.